The van der Waals surface area contributed by atoms with Gasteiger partial charge >= 0.3 is 0 Å². The molecule has 0 unspecified atom stereocenters. The SMILES string of the molecule is CC1=CC(=O)CC(C)(C)[C@@H]1CC[C@@H](C)O[C@H]1O[C@@H](CO[C@H]2O[C@@H](CO)[C@@H](O)[C@H]2O)[C@@H](O)[C@@H](O)[C@H]1O. The molecule has 6 N–H and O–H groups in total. The molecule has 2 heterocycles. The predicted octanol–water partition coefficient (Wildman–Crippen LogP) is -1.00. The Kier molecular flexibility index (Phi) is 9.47. The zero-order valence-corrected chi connectivity index (χ0v) is 20.7. The molecule has 202 valence electrons. The van der Waals surface area contributed by atoms with E-state index in [9.17, 15) is 35.4 Å². The van der Waals surface area contributed by atoms with Gasteiger partial charge in [-0.3, -0.25) is 4.79 Å². The Balaban J connectivity index is 1.55. The molecule has 2 saturated heterocycles. The number of allylic oxidation sites excluding steroid dienone is 2. The van der Waals surface area contributed by atoms with Crippen molar-refractivity contribution in [1.82, 2.24) is 0 Å². The van der Waals surface area contributed by atoms with Crippen LogP contribution in [0.15, 0.2) is 11.6 Å². The number of aliphatic hydroxyl groups excluding tert-OH is 6. The molecule has 1 aliphatic carbocycles. The summed E-state index contributed by atoms with van der Waals surface area (Å²) in [7, 11) is 0. The fraction of sp³-hybridized carbons (Fsp3) is 0.875. The number of ether oxygens (including phenoxy) is 4. The highest BCUT2D eigenvalue weighted by Crippen LogP contribution is 2.42. The highest BCUT2D eigenvalue weighted by molar-refractivity contribution is 5.91. The molecule has 0 aromatic carbocycles. The molecular weight excluding hydrogens is 464 g/mol. The van der Waals surface area contributed by atoms with Gasteiger partial charge in [0, 0.05) is 6.42 Å². The van der Waals surface area contributed by atoms with Crippen LogP contribution in [-0.4, -0.2) is 111 Å². The number of carbonyl (C=O) groups is 1. The van der Waals surface area contributed by atoms with Crippen molar-refractivity contribution in [2.75, 3.05) is 13.2 Å². The van der Waals surface area contributed by atoms with Crippen LogP contribution < -0.4 is 0 Å². The number of ketones is 1. The number of aliphatic hydroxyl groups is 6. The van der Waals surface area contributed by atoms with Gasteiger partial charge in [-0.1, -0.05) is 19.4 Å². The predicted molar refractivity (Wildman–Crippen MR) is 121 cm³/mol. The van der Waals surface area contributed by atoms with Gasteiger partial charge in [0.15, 0.2) is 18.4 Å². The van der Waals surface area contributed by atoms with Crippen molar-refractivity contribution in [2.45, 2.75) is 108 Å². The zero-order valence-electron chi connectivity index (χ0n) is 20.7. The molecule has 35 heavy (non-hydrogen) atoms. The van der Waals surface area contributed by atoms with E-state index in [4.69, 9.17) is 18.9 Å². The Hall–Kier alpha value is -0.990. The molecule has 0 radical (unpaired) electrons. The molecular formula is C24H40O11. The Bertz CT molecular complexity index is 756. The van der Waals surface area contributed by atoms with Gasteiger partial charge in [-0.25, -0.2) is 0 Å². The van der Waals surface area contributed by atoms with Crippen LogP contribution in [0.3, 0.4) is 0 Å². The van der Waals surface area contributed by atoms with Gasteiger partial charge in [-0.2, -0.15) is 0 Å². The number of rotatable bonds is 9. The molecule has 11 nitrogen and oxygen atoms in total. The highest BCUT2D eigenvalue weighted by Gasteiger charge is 2.47. The summed E-state index contributed by atoms with van der Waals surface area (Å²) in [5.74, 6) is 0.331. The second-order valence-electron chi connectivity index (χ2n) is 10.7. The van der Waals surface area contributed by atoms with E-state index in [1.54, 1.807) is 6.08 Å². The lowest BCUT2D eigenvalue weighted by atomic mass is 9.66. The van der Waals surface area contributed by atoms with E-state index in [2.05, 4.69) is 13.8 Å². The van der Waals surface area contributed by atoms with Gasteiger partial charge in [0.1, 0.15) is 42.7 Å². The summed E-state index contributed by atoms with van der Waals surface area (Å²) in [5.41, 5.74) is 0.863. The van der Waals surface area contributed by atoms with Crippen LogP contribution in [0.1, 0.15) is 47.0 Å². The second kappa shape index (κ2) is 11.6. The zero-order chi connectivity index (χ0) is 26.1. The molecule has 2 fully saturated rings. The molecule has 2 aliphatic heterocycles. The van der Waals surface area contributed by atoms with Crippen molar-refractivity contribution in [3.63, 3.8) is 0 Å². The minimum Gasteiger partial charge on any atom is -0.394 e. The van der Waals surface area contributed by atoms with Crippen LogP contribution in [0, 0.1) is 11.3 Å². The Labute approximate surface area is 205 Å². The minimum absolute atomic E-state index is 0.129. The molecule has 3 aliphatic rings. The van der Waals surface area contributed by atoms with Crippen molar-refractivity contribution < 1.29 is 54.4 Å². The molecule has 0 saturated carbocycles. The number of hydrogen-bond acceptors (Lipinski definition) is 11. The van der Waals surface area contributed by atoms with Gasteiger partial charge in [0.25, 0.3) is 0 Å². The molecule has 0 bridgehead atoms. The molecule has 3 rings (SSSR count). The summed E-state index contributed by atoms with van der Waals surface area (Å²) in [6.45, 7) is 7.07. The maximum absolute atomic E-state index is 11.9. The third-order valence-electron chi connectivity index (χ3n) is 7.33. The van der Waals surface area contributed by atoms with E-state index in [-0.39, 0.29) is 29.8 Å². The average molecular weight is 505 g/mol. The fourth-order valence-corrected chi connectivity index (χ4v) is 5.27. The maximum Gasteiger partial charge on any atom is 0.186 e. The van der Waals surface area contributed by atoms with Crippen molar-refractivity contribution in [2.24, 2.45) is 11.3 Å². The summed E-state index contributed by atoms with van der Waals surface area (Å²) in [6, 6.07) is 0. The standard InChI is InChI=1S/C24H40O11/c1-11-7-13(26)8-24(3,4)14(11)6-5-12(2)33-23-21(31)19(29)18(28)16(35-23)10-32-22-20(30)17(27)15(9-25)34-22/h7,12,14-23,25,27-31H,5-6,8-10H2,1-4H3/t12-,14-,15+,16+,17-,18-,19-,20-,21-,22+,23+/m1/s1. The van der Waals surface area contributed by atoms with Crippen molar-refractivity contribution >= 4 is 5.78 Å². The summed E-state index contributed by atoms with van der Waals surface area (Å²) in [5, 5.41) is 60.1. The molecule has 0 aromatic heterocycles. The molecule has 0 spiro atoms. The lowest BCUT2D eigenvalue weighted by Gasteiger charge is -2.42. The molecule has 0 aromatic rings. The van der Waals surface area contributed by atoms with Gasteiger partial charge in [-0.05, 0) is 44.1 Å². The van der Waals surface area contributed by atoms with Crippen LogP contribution in [0.25, 0.3) is 0 Å². The summed E-state index contributed by atoms with van der Waals surface area (Å²) >= 11 is 0. The average Bonchev–Trinajstić information content (AvgIpc) is 3.05. The third-order valence-corrected chi connectivity index (χ3v) is 7.33. The van der Waals surface area contributed by atoms with Crippen LogP contribution in [-0.2, 0) is 23.7 Å². The van der Waals surface area contributed by atoms with E-state index in [0.717, 1.165) is 12.0 Å². The first-order valence-corrected chi connectivity index (χ1v) is 12.2. The maximum atomic E-state index is 11.9. The third kappa shape index (κ3) is 6.48. The van der Waals surface area contributed by atoms with Crippen molar-refractivity contribution in [3.8, 4) is 0 Å². The lowest BCUT2D eigenvalue weighted by Crippen LogP contribution is -2.60. The first-order valence-electron chi connectivity index (χ1n) is 12.2. The molecule has 11 atom stereocenters. The minimum atomic E-state index is -1.56. The Morgan fingerprint density at radius 1 is 1.00 bits per heavy atom. The largest absolute Gasteiger partial charge is 0.394 e. The second-order valence-corrected chi connectivity index (χ2v) is 10.7. The monoisotopic (exact) mass is 504 g/mol. The van der Waals surface area contributed by atoms with Gasteiger partial charge < -0.3 is 49.6 Å². The summed E-state index contributed by atoms with van der Waals surface area (Å²) in [4.78, 5) is 11.9. The van der Waals surface area contributed by atoms with E-state index in [1.165, 1.54) is 0 Å². The van der Waals surface area contributed by atoms with Crippen LogP contribution >= 0.6 is 0 Å². The van der Waals surface area contributed by atoms with Crippen molar-refractivity contribution in [1.29, 1.82) is 0 Å². The quantitative estimate of drug-likeness (QED) is 0.227. The first kappa shape index (κ1) is 28.6. The topological polar surface area (TPSA) is 175 Å². The highest BCUT2D eigenvalue weighted by atomic mass is 16.7. The van der Waals surface area contributed by atoms with E-state index < -0.39 is 61.9 Å². The van der Waals surface area contributed by atoms with Crippen molar-refractivity contribution in [3.05, 3.63) is 11.6 Å². The van der Waals surface area contributed by atoms with E-state index >= 15 is 0 Å². The van der Waals surface area contributed by atoms with Gasteiger partial charge in [0.2, 0.25) is 0 Å². The smallest absolute Gasteiger partial charge is 0.186 e. The van der Waals surface area contributed by atoms with E-state index in [1.807, 2.05) is 13.8 Å². The summed E-state index contributed by atoms with van der Waals surface area (Å²) in [6.07, 6.45) is -8.73. The summed E-state index contributed by atoms with van der Waals surface area (Å²) < 4.78 is 22.2. The van der Waals surface area contributed by atoms with Crippen LogP contribution in [0.5, 0.6) is 0 Å². The molecule has 11 heteroatoms. The van der Waals surface area contributed by atoms with Crippen LogP contribution in [0.4, 0.5) is 0 Å². The Morgan fingerprint density at radius 3 is 2.20 bits per heavy atom. The molecule has 0 amide bonds. The number of hydrogen-bond donors (Lipinski definition) is 6. The van der Waals surface area contributed by atoms with Crippen LogP contribution in [0.2, 0.25) is 0 Å². The normalized spacial score (nSPS) is 42.7. The number of carbonyl (C=O) groups excluding carboxylic acids is 1. The first-order chi connectivity index (χ1) is 16.4. The lowest BCUT2D eigenvalue weighted by molar-refractivity contribution is -0.318. The van der Waals surface area contributed by atoms with E-state index in [0.29, 0.717) is 12.8 Å². The Morgan fingerprint density at radius 2 is 1.60 bits per heavy atom. The fourth-order valence-electron chi connectivity index (χ4n) is 5.27. The van der Waals surface area contributed by atoms with Gasteiger partial charge in [0.05, 0.1) is 19.3 Å². The van der Waals surface area contributed by atoms with Gasteiger partial charge in [-0.15, -0.1) is 0 Å².